The molecule has 0 unspecified atom stereocenters. The lowest BCUT2D eigenvalue weighted by Crippen LogP contribution is -1.89. The highest BCUT2D eigenvalue weighted by Gasteiger charge is 1.99. The Bertz CT molecular complexity index is 508. The summed E-state index contributed by atoms with van der Waals surface area (Å²) in [6, 6.07) is 14.6. The van der Waals surface area contributed by atoms with E-state index in [1.807, 2.05) is 24.8 Å². The molecule has 0 aliphatic heterocycles. The summed E-state index contributed by atoms with van der Waals surface area (Å²) in [4.78, 5) is 1.26. The van der Waals surface area contributed by atoms with Crippen LogP contribution < -0.4 is 5.73 Å². The van der Waals surface area contributed by atoms with E-state index in [1.54, 1.807) is 0 Å². The molecule has 0 amide bonds. The van der Waals surface area contributed by atoms with Gasteiger partial charge in [-0.1, -0.05) is 28.1 Å². The van der Waals surface area contributed by atoms with Gasteiger partial charge in [0.15, 0.2) is 0 Å². The van der Waals surface area contributed by atoms with E-state index in [2.05, 4.69) is 52.3 Å². The van der Waals surface area contributed by atoms with Crippen molar-refractivity contribution in [3.8, 4) is 0 Å². The second-order valence-corrected chi connectivity index (χ2v) is 5.90. The summed E-state index contributed by atoms with van der Waals surface area (Å²) in [5, 5.41) is 0. The number of hydrogen-bond acceptors (Lipinski definition) is 2. The van der Waals surface area contributed by atoms with Crippen LogP contribution in [0.25, 0.3) is 0 Å². The lowest BCUT2D eigenvalue weighted by molar-refractivity contribution is 1.34. The number of thioether (sulfide) groups is 1. The van der Waals surface area contributed by atoms with Crippen molar-refractivity contribution < 1.29 is 0 Å². The summed E-state index contributed by atoms with van der Waals surface area (Å²) in [5.74, 6) is 0.983. The van der Waals surface area contributed by atoms with E-state index in [-0.39, 0.29) is 0 Å². The van der Waals surface area contributed by atoms with Crippen molar-refractivity contribution in [1.82, 2.24) is 0 Å². The Morgan fingerprint density at radius 3 is 2.47 bits per heavy atom. The summed E-state index contributed by atoms with van der Waals surface area (Å²) in [6.07, 6.45) is 0. The van der Waals surface area contributed by atoms with Gasteiger partial charge < -0.3 is 5.73 Å². The third-order valence-corrected chi connectivity index (χ3v) is 4.15. The molecule has 3 heteroatoms. The van der Waals surface area contributed by atoms with Gasteiger partial charge in [0.05, 0.1) is 0 Å². The van der Waals surface area contributed by atoms with Gasteiger partial charge in [-0.2, -0.15) is 0 Å². The van der Waals surface area contributed by atoms with Crippen LogP contribution >= 0.6 is 27.7 Å². The summed E-state index contributed by atoms with van der Waals surface area (Å²) in [5.41, 5.74) is 9.13. The molecule has 0 heterocycles. The SMILES string of the molecule is Cc1cc(SCc2ccc(Br)cc2)ccc1N. The van der Waals surface area contributed by atoms with Crippen molar-refractivity contribution in [2.24, 2.45) is 0 Å². The molecule has 1 nitrogen and oxygen atoms in total. The monoisotopic (exact) mass is 307 g/mol. The van der Waals surface area contributed by atoms with Gasteiger partial charge in [0.25, 0.3) is 0 Å². The maximum Gasteiger partial charge on any atom is 0.0344 e. The van der Waals surface area contributed by atoms with Crippen LogP contribution in [0.2, 0.25) is 0 Å². The number of nitrogen functional groups attached to an aromatic ring is 1. The highest BCUT2D eigenvalue weighted by molar-refractivity contribution is 9.10. The first kappa shape index (κ1) is 12.5. The molecule has 2 rings (SSSR count). The fraction of sp³-hybridized carbons (Fsp3) is 0.143. The molecule has 88 valence electrons. The standard InChI is InChI=1S/C14H14BrNS/c1-10-8-13(6-7-14(10)16)17-9-11-2-4-12(15)5-3-11/h2-8H,9,16H2,1H3. The van der Waals surface area contributed by atoms with Crippen molar-refractivity contribution in [1.29, 1.82) is 0 Å². The smallest absolute Gasteiger partial charge is 0.0344 e. The largest absolute Gasteiger partial charge is 0.399 e. The molecule has 0 saturated heterocycles. The molecule has 0 aliphatic carbocycles. The maximum atomic E-state index is 5.80. The molecular weight excluding hydrogens is 294 g/mol. The first-order valence-corrected chi connectivity index (χ1v) is 7.16. The van der Waals surface area contributed by atoms with Crippen LogP contribution in [0.1, 0.15) is 11.1 Å². The van der Waals surface area contributed by atoms with Crippen molar-refractivity contribution in [2.45, 2.75) is 17.6 Å². The van der Waals surface area contributed by atoms with E-state index >= 15 is 0 Å². The van der Waals surface area contributed by atoms with Crippen LogP contribution in [0.4, 0.5) is 5.69 Å². The molecule has 0 saturated carbocycles. The summed E-state index contributed by atoms with van der Waals surface area (Å²) in [7, 11) is 0. The van der Waals surface area contributed by atoms with Gasteiger partial charge in [0.1, 0.15) is 0 Å². The van der Waals surface area contributed by atoms with E-state index in [4.69, 9.17) is 5.73 Å². The van der Waals surface area contributed by atoms with Crippen LogP contribution in [0.15, 0.2) is 51.8 Å². The van der Waals surface area contributed by atoms with Crippen molar-refractivity contribution >= 4 is 33.4 Å². The minimum atomic E-state index is 0.859. The average molecular weight is 308 g/mol. The lowest BCUT2D eigenvalue weighted by Gasteiger charge is -2.05. The fourth-order valence-corrected chi connectivity index (χ4v) is 2.70. The van der Waals surface area contributed by atoms with Gasteiger partial charge in [0.2, 0.25) is 0 Å². The van der Waals surface area contributed by atoms with Crippen LogP contribution in [0.5, 0.6) is 0 Å². The molecule has 0 spiro atoms. The second kappa shape index (κ2) is 5.61. The van der Waals surface area contributed by atoms with Crippen LogP contribution in [0.3, 0.4) is 0 Å². The quantitative estimate of drug-likeness (QED) is 0.661. The van der Waals surface area contributed by atoms with Crippen molar-refractivity contribution in [3.05, 3.63) is 58.1 Å². The molecule has 0 bridgehead atoms. The first-order chi connectivity index (χ1) is 8.15. The van der Waals surface area contributed by atoms with Gasteiger partial charge in [-0.05, 0) is 48.4 Å². The number of benzene rings is 2. The van der Waals surface area contributed by atoms with E-state index in [0.717, 1.165) is 21.5 Å². The lowest BCUT2D eigenvalue weighted by atomic mass is 10.2. The summed E-state index contributed by atoms with van der Waals surface area (Å²) < 4.78 is 1.12. The average Bonchev–Trinajstić information content (AvgIpc) is 2.33. The zero-order chi connectivity index (χ0) is 12.3. The molecule has 17 heavy (non-hydrogen) atoms. The Hall–Kier alpha value is -0.930. The van der Waals surface area contributed by atoms with Gasteiger partial charge >= 0.3 is 0 Å². The van der Waals surface area contributed by atoms with E-state index in [0.29, 0.717) is 0 Å². The zero-order valence-electron chi connectivity index (χ0n) is 9.61. The number of hydrogen-bond donors (Lipinski definition) is 1. The topological polar surface area (TPSA) is 26.0 Å². The van der Waals surface area contributed by atoms with Gasteiger partial charge in [-0.25, -0.2) is 0 Å². The Labute approximate surface area is 115 Å². The molecule has 0 atom stereocenters. The Morgan fingerprint density at radius 2 is 1.82 bits per heavy atom. The number of rotatable bonds is 3. The molecule has 0 aliphatic rings. The minimum absolute atomic E-state index is 0.859. The number of aryl methyl sites for hydroxylation is 1. The second-order valence-electron chi connectivity index (χ2n) is 3.93. The van der Waals surface area contributed by atoms with Gasteiger partial charge in [-0.15, -0.1) is 11.8 Å². The van der Waals surface area contributed by atoms with Gasteiger partial charge in [-0.3, -0.25) is 0 Å². The Balaban J connectivity index is 2.02. The predicted octanol–water partition coefficient (Wildman–Crippen LogP) is 4.63. The summed E-state index contributed by atoms with van der Waals surface area (Å²) >= 11 is 5.27. The molecule has 2 N–H and O–H groups in total. The third kappa shape index (κ3) is 3.51. The Morgan fingerprint density at radius 1 is 1.12 bits per heavy atom. The molecule has 0 fully saturated rings. The fourth-order valence-electron chi connectivity index (χ4n) is 1.49. The summed E-state index contributed by atoms with van der Waals surface area (Å²) in [6.45, 7) is 2.04. The van der Waals surface area contributed by atoms with Gasteiger partial charge in [0, 0.05) is 20.8 Å². The van der Waals surface area contributed by atoms with Crippen LogP contribution in [-0.4, -0.2) is 0 Å². The van der Waals surface area contributed by atoms with E-state index < -0.39 is 0 Å². The molecule has 0 radical (unpaired) electrons. The minimum Gasteiger partial charge on any atom is -0.399 e. The van der Waals surface area contributed by atoms with Crippen LogP contribution in [0, 0.1) is 6.92 Å². The molecule has 2 aromatic rings. The zero-order valence-corrected chi connectivity index (χ0v) is 12.0. The number of anilines is 1. The maximum absolute atomic E-state index is 5.80. The number of halogens is 1. The molecule has 2 aromatic carbocycles. The van der Waals surface area contributed by atoms with Crippen molar-refractivity contribution in [3.63, 3.8) is 0 Å². The van der Waals surface area contributed by atoms with E-state index in [9.17, 15) is 0 Å². The normalized spacial score (nSPS) is 10.5. The van der Waals surface area contributed by atoms with Crippen LogP contribution in [-0.2, 0) is 5.75 Å². The highest BCUT2D eigenvalue weighted by Crippen LogP contribution is 2.26. The highest BCUT2D eigenvalue weighted by atomic mass is 79.9. The molecular formula is C14H14BrNS. The predicted molar refractivity (Wildman–Crippen MR) is 79.3 cm³/mol. The van der Waals surface area contributed by atoms with Crippen molar-refractivity contribution in [2.75, 3.05) is 5.73 Å². The van der Waals surface area contributed by atoms with E-state index in [1.165, 1.54) is 10.5 Å². The Kier molecular flexibility index (Phi) is 4.13. The molecule has 0 aromatic heterocycles. The third-order valence-electron chi connectivity index (χ3n) is 2.56. The number of nitrogens with two attached hydrogens (primary N) is 1. The first-order valence-electron chi connectivity index (χ1n) is 5.38.